The first kappa shape index (κ1) is 7.55. The fraction of sp³-hybridized carbons (Fsp3) is 0.222. The zero-order chi connectivity index (χ0) is 8.55. The van der Waals surface area contributed by atoms with Crippen molar-refractivity contribution in [2.75, 3.05) is 0 Å². The van der Waals surface area contributed by atoms with Crippen molar-refractivity contribution in [1.29, 1.82) is 0 Å². The average Bonchev–Trinajstić information content (AvgIpc) is 2.43. The van der Waals surface area contributed by atoms with Crippen molar-refractivity contribution in [3.8, 4) is 5.19 Å². The van der Waals surface area contributed by atoms with Gasteiger partial charge in [-0.15, -0.1) is 0 Å². The van der Waals surface area contributed by atoms with Gasteiger partial charge in [0.1, 0.15) is 0 Å². The molecule has 0 amide bonds. The topological polar surface area (TPSA) is 32.8 Å². The Labute approximate surface area is 74.5 Å². The van der Waals surface area contributed by atoms with Crippen molar-refractivity contribution in [3.05, 3.63) is 23.8 Å². The number of thiazole rings is 1. The van der Waals surface area contributed by atoms with Crippen molar-refractivity contribution in [3.63, 3.8) is 0 Å². The van der Waals surface area contributed by atoms with E-state index in [2.05, 4.69) is 11.9 Å². The summed E-state index contributed by atoms with van der Waals surface area (Å²) in [6.45, 7) is 2.09. The highest BCUT2D eigenvalue weighted by Crippen LogP contribution is 2.27. The Balaban J connectivity index is 2.66. The molecule has 0 atom stereocenters. The molecule has 61 valence electrons. The number of aromatic nitrogens is 1. The molecular weight excluding hydrogens is 170 g/mol. The van der Waals surface area contributed by atoms with Crippen molar-refractivity contribution < 1.29 is 5.11 Å². The van der Waals surface area contributed by atoms with Gasteiger partial charge in [-0.25, -0.2) is 0 Å². The molecule has 1 aromatic carbocycles. The maximum absolute atomic E-state index is 10.9. The molecular formula is C9H8NOS. The van der Waals surface area contributed by atoms with Crippen LogP contribution in [0.4, 0.5) is 0 Å². The van der Waals surface area contributed by atoms with E-state index in [4.69, 9.17) is 0 Å². The van der Waals surface area contributed by atoms with Crippen LogP contribution in [0.5, 0.6) is 5.19 Å². The van der Waals surface area contributed by atoms with Crippen molar-refractivity contribution in [2.45, 2.75) is 13.3 Å². The van der Waals surface area contributed by atoms with Crippen LogP contribution < -0.4 is 0 Å². The highest BCUT2D eigenvalue weighted by molar-refractivity contribution is 7.20. The van der Waals surface area contributed by atoms with Crippen LogP contribution in [-0.2, 0) is 11.5 Å². The van der Waals surface area contributed by atoms with Crippen LogP contribution in [0.3, 0.4) is 0 Å². The summed E-state index contributed by atoms with van der Waals surface area (Å²) < 4.78 is 0.984. The molecule has 1 heterocycles. The van der Waals surface area contributed by atoms with Crippen molar-refractivity contribution >= 4 is 21.6 Å². The van der Waals surface area contributed by atoms with Crippen molar-refractivity contribution in [2.24, 2.45) is 0 Å². The fourth-order valence-corrected chi connectivity index (χ4v) is 1.85. The molecule has 0 aliphatic heterocycles. The number of aryl methyl sites for hydroxylation is 1. The minimum absolute atomic E-state index is 0.0988. The third kappa shape index (κ3) is 1.16. The Kier molecular flexibility index (Phi) is 1.73. The summed E-state index contributed by atoms with van der Waals surface area (Å²) in [6.07, 6.45) is 0.988. The van der Waals surface area contributed by atoms with E-state index in [-0.39, 0.29) is 5.19 Å². The van der Waals surface area contributed by atoms with Gasteiger partial charge >= 0.3 is 5.19 Å². The van der Waals surface area contributed by atoms with E-state index in [1.807, 2.05) is 18.2 Å². The van der Waals surface area contributed by atoms with Gasteiger partial charge in [0.15, 0.2) is 0 Å². The minimum atomic E-state index is -0.0988. The molecule has 2 aromatic rings. The Morgan fingerprint density at radius 1 is 1.50 bits per heavy atom. The predicted octanol–water partition coefficient (Wildman–Crippen LogP) is 3.00. The van der Waals surface area contributed by atoms with E-state index in [1.54, 1.807) is 0 Å². The van der Waals surface area contributed by atoms with Crippen LogP contribution in [0.2, 0.25) is 0 Å². The Hall–Kier alpha value is -1.09. The molecule has 0 N–H and O–H groups in total. The zero-order valence-electron chi connectivity index (χ0n) is 6.70. The predicted molar refractivity (Wildman–Crippen MR) is 49.1 cm³/mol. The smallest absolute Gasteiger partial charge is 0.255 e. The lowest BCUT2D eigenvalue weighted by Crippen LogP contribution is -1.77. The summed E-state index contributed by atoms with van der Waals surface area (Å²) in [5, 5.41) is 10.8. The first-order valence-electron chi connectivity index (χ1n) is 3.86. The fourth-order valence-electron chi connectivity index (χ4n) is 1.17. The summed E-state index contributed by atoms with van der Waals surface area (Å²) in [7, 11) is 0. The summed E-state index contributed by atoms with van der Waals surface area (Å²) >= 11 is 1.20. The maximum atomic E-state index is 10.9. The van der Waals surface area contributed by atoms with Gasteiger partial charge in [-0.05, 0) is 24.1 Å². The normalized spacial score (nSPS) is 10.8. The molecule has 12 heavy (non-hydrogen) atoms. The molecule has 3 heteroatoms. The number of fused-ring (bicyclic) bond motifs is 1. The van der Waals surface area contributed by atoms with E-state index < -0.39 is 0 Å². The van der Waals surface area contributed by atoms with Gasteiger partial charge in [0.2, 0.25) is 0 Å². The molecule has 1 radical (unpaired) electrons. The van der Waals surface area contributed by atoms with Gasteiger partial charge in [-0.2, -0.15) is 4.98 Å². The third-order valence-electron chi connectivity index (χ3n) is 1.84. The molecule has 0 aliphatic carbocycles. The molecule has 1 aromatic heterocycles. The monoisotopic (exact) mass is 178 g/mol. The SMILES string of the molecule is CCc1ccc2sc([O])nc2c1. The lowest BCUT2D eigenvalue weighted by atomic mass is 10.2. The molecule has 0 bridgehead atoms. The van der Waals surface area contributed by atoms with E-state index in [9.17, 15) is 5.11 Å². The second-order valence-electron chi connectivity index (χ2n) is 2.64. The van der Waals surface area contributed by atoms with Crippen LogP contribution in [0.25, 0.3) is 10.2 Å². The summed E-state index contributed by atoms with van der Waals surface area (Å²) in [5.74, 6) is 0. The molecule has 2 rings (SSSR count). The summed E-state index contributed by atoms with van der Waals surface area (Å²) in [4.78, 5) is 3.88. The lowest BCUT2D eigenvalue weighted by Gasteiger charge is -1.93. The van der Waals surface area contributed by atoms with E-state index in [1.165, 1.54) is 16.9 Å². The number of hydrogen-bond donors (Lipinski definition) is 0. The summed E-state index contributed by atoms with van der Waals surface area (Å²) in [6, 6.07) is 5.99. The number of hydrogen-bond acceptors (Lipinski definition) is 2. The molecule has 0 saturated heterocycles. The Morgan fingerprint density at radius 2 is 2.33 bits per heavy atom. The highest BCUT2D eigenvalue weighted by atomic mass is 32.1. The van der Waals surface area contributed by atoms with Crippen LogP contribution in [-0.4, -0.2) is 4.98 Å². The first-order valence-corrected chi connectivity index (χ1v) is 4.67. The molecule has 0 unspecified atom stereocenters. The maximum Gasteiger partial charge on any atom is 0.327 e. The van der Waals surface area contributed by atoms with Gasteiger partial charge in [-0.1, -0.05) is 24.3 Å². The van der Waals surface area contributed by atoms with Crippen LogP contribution in [0, 0.1) is 0 Å². The van der Waals surface area contributed by atoms with Gasteiger partial charge in [-0.3, -0.25) is 5.11 Å². The molecule has 0 spiro atoms. The van der Waals surface area contributed by atoms with Gasteiger partial charge in [0, 0.05) is 0 Å². The summed E-state index contributed by atoms with van der Waals surface area (Å²) in [5.41, 5.74) is 2.07. The second-order valence-corrected chi connectivity index (χ2v) is 3.63. The number of benzene rings is 1. The van der Waals surface area contributed by atoms with E-state index >= 15 is 0 Å². The molecule has 0 saturated carbocycles. The quantitative estimate of drug-likeness (QED) is 0.660. The van der Waals surface area contributed by atoms with E-state index in [0.717, 1.165) is 16.6 Å². The Morgan fingerprint density at radius 3 is 3.08 bits per heavy atom. The third-order valence-corrected chi connectivity index (χ3v) is 2.67. The Bertz CT molecular complexity index is 408. The van der Waals surface area contributed by atoms with Crippen molar-refractivity contribution in [1.82, 2.24) is 4.98 Å². The minimum Gasteiger partial charge on any atom is -0.255 e. The second kappa shape index (κ2) is 2.75. The van der Waals surface area contributed by atoms with E-state index in [0.29, 0.717) is 0 Å². The number of nitrogens with zero attached hydrogens (tertiary/aromatic N) is 1. The van der Waals surface area contributed by atoms with Crippen LogP contribution >= 0.6 is 11.3 Å². The average molecular weight is 178 g/mol. The van der Waals surface area contributed by atoms with Gasteiger partial charge in [0.25, 0.3) is 0 Å². The lowest BCUT2D eigenvalue weighted by molar-refractivity contribution is 0.353. The first-order chi connectivity index (χ1) is 5.79. The standard InChI is InChI=1S/C9H8NOS/c1-2-6-3-4-8-7(5-6)10-9(11)12-8/h3-5H,2H2,1H3. The highest BCUT2D eigenvalue weighted by Gasteiger charge is 2.02. The van der Waals surface area contributed by atoms with Crippen LogP contribution in [0.15, 0.2) is 18.2 Å². The van der Waals surface area contributed by atoms with Gasteiger partial charge < -0.3 is 0 Å². The zero-order valence-corrected chi connectivity index (χ0v) is 7.52. The molecule has 0 fully saturated rings. The van der Waals surface area contributed by atoms with Crippen LogP contribution in [0.1, 0.15) is 12.5 Å². The number of rotatable bonds is 1. The van der Waals surface area contributed by atoms with Gasteiger partial charge in [0.05, 0.1) is 10.2 Å². The molecule has 0 aliphatic rings. The largest absolute Gasteiger partial charge is 0.327 e. The molecule has 2 nitrogen and oxygen atoms in total.